The Bertz CT molecular complexity index is 757. The number of hydrogen-bond donors (Lipinski definition) is 0. The van der Waals surface area contributed by atoms with Gasteiger partial charge in [0.1, 0.15) is 0 Å². The number of rotatable bonds is 8. The van der Waals surface area contributed by atoms with Crippen LogP contribution in [0, 0.1) is 0 Å². The van der Waals surface area contributed by atoms with Gasteiger partial charge in [-0.15, -0.1) is 0 Å². The molecule has 1 saturated heterocycles. The molecule has 1 aliphatic rings. The molecular weight excluding hydrogens is 350 g/mol. The molecule has 0 aliphatic carbocycles. The van der Waals surface area contributed by atoms with Crippen LogP contribution in [-0.4, -0.2) is 45.1 Å². The van der Waals surface area contributed by atoms with Crippen LogP contribution in [-0.2, 0) is 26.1 Å². The lowest BCUT2D eigenvalue weighted by molar-refractivity contribution is -0.0175. The molecular formula is C20H25NO4S. The smallest absolute Gasteiger partial charge is 0.243 e. The Labute approximate surface area is 155 Å². The van der Waals surface area contributed by atoms with Gasteiger partial charge in [-0.2, -0.15) is 4.31 Å². The van der Waals surface area contributed by atoms with E-state index in [1.807, 2.05) is 36.4 Å². The van der Waals surface area contributed by atoms with Crippen LogP contribution in [0.1, 0.15) is 18.4 Å². The quantitative estimate of drug-likeness (QED) is 0.666. The number of benzene rings is 2. The minimum atomic E-state index is -3.39. The van der Waals surface area contributed by atoms with Crippen LogP contribution in [0.5, 0.6) is 0 Å². The van der Waals surface area contributed by atoms with E-state index < -0.39 is 10.0 Å². The standard InChI is InChI=1S/C20H25NO4S/c22-26(23,20-9-5-2-6-10-20)21-13-11-19(12-14-21)25-16-15-24-17-18-7-3-1-4-8-18/h1-10,19H,11-17H2. The second-order valence-corrected chi connectivity index (χ2v) is 8.26. The summed E-state index contributed by atoms with van der Waals surface area (Å²) in [7, 11) is -3.39. The number of nitrogens with zero attached hydrogens (tertiary/aromatic N) is 1. The van der Waals surface area contributed by atoms with Gasteiger partial charge in [0, 0.05) is 13.1 Å². The van der Waals surface area contributed by atoms with Crippen molar-refractivity contribution in [3.8, 4) is 0 Å². The highest BCUT2D eigenvalue weighted by molar-refractivity contribution is 7.89. The summed E-state index contributed by atoms with van der Waals surface area (Å²) < 4.78 is 38.2. The molecule has 1 heterocycles. The highest BCUT2D eigenvalue weighted by Gasteiger charge is 2.29. The van der Waals surface area contributed by atoms with Gasteiger partial charge in [0.15, 0.2) is 0 Å². The molecule has 1 fully saturated rings. The number of sulfonamides is 1. The molecule has 0 aromatic heterocycles. The van der Waals surface area contributed by atoms with Crippen molar-refractivity contribution in [3.63, 3.8) is 0 Å². The van der Waals surface area contributed by atoms with E-state index in [2.05, 4.69) is 0 Å². The molecule has 5 nitrogen and oxygen atoms in total. The fourth-order valence-corrected chi connectivity index (χ4v) is 4.51. The van der Waals surface area contributed by atoms with Crippen molar-refractivity contribution in [1.29, 1.82) is 0 Å². The van der Waals surface area contributed by atoms with Crippen LogP contribution in [0.2, 0.25) is 0 Å². The van der Waals surface area contributed by atoms with E-state index in [1.165, 1.54) is 0 Å². The van der Waals surface area contributed by atoms with Gasteiger partial charge in [0.05, 0.1) is 30.8 Å². The van der Waals surface area contributed by atoms with Crippen molar-refractivity contribution in [2.24, 2.45) is 0 Å². The fourth-order valence-electron chi connectivity index (χ4n) is 3.02. The molecule has 3 rings (SSSR count). The molecule has 0 bridgehead atoms. The van der Waals surface area contributed by atoms with Crippen LogP contribution in [0.25, 0.3) is 0 Å². The lowest BCUT2D eigenvalue weighted by atomic mass is 10.1. The molecule has 2 aromatic rings. The normalized spacial score (nSPS) is 16.6. The lowest BCUT2D eigenvalue weighted by Gasteiger charge is -2.31. The Balaban J connectivity index is 1.36. The predicted molar refractivity (Wildman–Crippen MR) is 100 cm³/mol. The van der Waals surface area contributed by atoms with Crippen LogP contribution in [0.4, 0.5) is 0 Å². The average molecular weight is 375 g/mol. The van der Waals surface area contributed by atoms with Crippen molar-refractivity contribution in [2.75, 3.05) is 26.3 Å². The van der Waals surface area contributed by atoms with Crippen LogP contribution in [0.3, 0.4) is 0 Å². The summed E-state index contributed by atoms with van der Waals surface area (Å²) in [5.41, 5.74) is 1.15. The highest BCUT2D eigenvalue weighted by atomic mass is 32.2. The lowest BCUT2D eigenvalue weighted by Crippen LogP contribution is -2.41. The zero-order valence-corrected chi connectivity index (χ0v) is 15.6. The monoisotopic (exact) mass is 375 g/mol. The maximum absolute atomic E-state index is 12.6. The number of ether oxygens (including phenoxy) is 2. The minimum absolute atomic E-state index is 0.0950. The molecule has 0 unspecified atom stereocenters. The number of hydrogen-bond acceptors (Lipinski definition) is 4. The molecule has 26 heavy (non-hydrogen) atoms. The van der Waals surface area contributed by atoms with Crippen LogP contribution in [0.15, 0.2) is 65.6 Å². The minimum Gasteiger partial charge on any atom is -0.376 e. The molecule has 0 saturated carbocycles. The molecule has 0 spiro atoms. The van der Waals surface area contributed by atoms with E-state index >= 15 is 0 Å². The highest BCUT2D eigenvalue weighted by Crippen LogP contribution is 2.21. The fraction of sp³-hybridized carbons (Fsp3) is 0.400. The zero-order valence-electron chi connectivity index (χ0n) is 14.8. The van der Waals surface area contributed by atoms with Gasteiger partial charge >= 0.3 is 0 Å². The second-order valence-electron chi connectivity index (χ2n) is 6.33. The van der Waals surface area contributed by atoms with Crippen molar-refractivity contribution >= 4 is 10.0 Å². The summed E-state index contributed by atoms with van der Waals surface area (Å²) in [6, 6.07) is 18.6. The van der Waals surface area contributed by atoms with E-state index in [0.29, 0.717) is 50.6 Å². The molecule has 6 heteroatoms. The molecule has 1 aliphatic heterocycles. The van der Waals surface area contributed by atoms with Crippen LogP contribution < -0.4 is 0 Å². The topological polar surface area (TPSA) is 55.8 Å². The Hall–Kier alpha value is -1.73. The van der Waals surface area contributed by atoms with E-state index in [-0.39, 0.29) is 6.10 Å². The number of piperidine rings is 1. The summed E-state index contributed by atoms with van der Waals surface area (Å²) in [6.07, 6.45) is 1.52. The summed E-state index contributed by atoms with van der Waals surface area (Å²) in [5, 5.41) is 0. The summed E-state index contributed by atoms with van der Waals surface area (Å²) in [5.74, 6) is 0. The van der Waals surface area contributed by atoms with Gasteiger partial charge in [-0.3, -0.25) is 0 Å². The Morgan fingerprint density at radius 2 is 1.50 bits per heavy atom. The van der Waals surface area contributed by atoms with Crippen molar-refractivity contribution in [3.05, 3.63) is 66.2 Å². The second kappa shape index (κ2) is 9.28. The van der Waals surface area contributed by atoms with Gasteiger partial charge in [0.2, 0.25) is 10.0 Å². The summed E-state index contributed by atoms with van der Waals surface area (Å²) in [4.78, 5) is 0.355. The molecule has 2 aromatic carbocycles. The van der Waals surface area contributed by atoms with Gasteiger partial charge in [0.25, 0.3) is 0 Å². The Kier molecular flexibility index (Phi) is 6.80. The Morgan fingerprint density at radius 1 is 0.885 bits per heavy atom. The van der Waals surface area contributed by atoms with Crippen molar-refractivity contribution in [1.82, 2.24) is 4.31 Å². The third kappa shape index (κ3) is 5.14. The largest absolute Gasteiger partial charge is 0.376 e. The van der Waals surface area contributed by atoms with E-state index in [4.69, 9.17) is 9.47 Å². The van der Waals surface area contributed by atoms with Crippen LogP contribution >= 0.6 is 0 Å². The molecule has 140 valence electrons. The first kappa shape index (κ1) is 19.0. The molecule has 0 amide bonds. The summed E-state index contributed by atoms with van der Waals surface area (Å²) >= 11 is 0. The first-order valence-corrected chi connectivity index (χ1v) is 10.4. The third-order valence-corrected chi connectivity index (χ3v) is 6.39. The maximum Gasteiger partial charge on any atom is 0.243 e. The molecule has 0 atom stereocenters. The van der Waals surface area contributed by atoms with E-state index in [1.54, 1.807) is 28.6 Å². The predicted octanol–water partition coefficient (Wildman–Crippen LogP) is 3.07. The maximum atomic E-state index is 12.6. The van der Waals surface area contributed by atoms with Gasteiger partial charge < -0.3 is 9.47 Å². The zero-order chi connectivity index (χ0) is 18.2. The van der Waals surface area contributed by atoms with Gasteiger partial charge in [-0.25, -0.2) is 8.42 Å². The van der Waals surface area contributed by atoms with E-state index in [9.17, 15) is 8.42 Å². The van der Waals surface area contributed by atoms with Crippen molar-refractivity contribution < 1.29 is 17.9 Å². The average Bonchev–Trinajstić information content (AvgIpc) is 2.69. The SMILES string of the molecule is O=S(=O)(c1ccccc1)N1CCC(OCCOCc2ccccc2)CC1. The first-order chi connectivity index (χ1) is 12.7. The van der Waals surface area contributed by atoms with Gasteiger partial charge in [-0.05, 0) is 30.5 Å². The molecule has 0 N–H and O–H groups in total. The van der Waals surface area contributed by atoms with E-state index in [0.717, 1.165) is 5.56 Å². The Morgan fingerprint density at radius 3 is 2.15 bits per heavy atom. The van der Waals surface area contributed by atoms with Gasteiger partial charge in [-0.1, -0.05) is 48.5 Å². The van der Waals surface area contributed by atoms with Crippen molar-refractivity contribution in [2.45, 2.75) is 30.4 Å². The third-order valence-electron chi connectivity index (χ3n) is 4.47. The molecule has 0 radical (unpaired) electrons. The first-order valence-electron chi connectivity index (χ1n) is 8.95. The summed E-state index contributed by atoms with van der Waals surface area (Å²) in [6.45, 7) is 2.64.